The van der Waals surface area contributed by atoms with Crippen molar-refractivity contribution in [3.63, 3.8) is 0 Å². The van der Waals surface area contributed by atoms with Crippen LogP contribution in [-0.4, -0.2) is 25.1 Å². The number of anilines is 2. The minimum Gasteiger partial charge on any atom is -0.361 e. The Morgan fingerprint density at radius 1 is 1.12 bits per heavy atom. The average molecular weight is 322 g/mol. The van der Waals surface area contributed by atoms with Crippen LogP contribution in [0.25, 0.3) is 22.2 Å². The van der Waals surface area contributed by atoms with Crippen LogP contribution in [0, 0.1) is 13.8 Å². The highest BCUT2D eigenvalue weighted by molar-refractivity contribution is 5.94. The van der Waals surface area contributed by atoms with Crippen molar-refractivity contribution >= 4 is 22.5 Å². The summed E-state index contributed by atoms with van der Waals surface area (Å²) in [6, 6.07) is 4.06. The number of nitrogens with zero attached hydrogens (tertiary/aromatic N) is 4. The molecule has 4 rings (SSSR count). The minimum atomic E-state index is 0. The third kappa shape index (κ3) is 2.60. The van der Waals surface area contributed by atoms with E-state index in [1.165, 1.54) is 0 Å². The molecule has 0 bridgehead atoms. The minimum absolute atomic E-state index is 0. The topological polar surface area (TPSA) is 92.5 Å². The van der Waals surface area contributed by atoms with Gasteiger partial charge in [0.05, 0.1) is 29.4 Å². The summed E-state index contributed by atoms with van der Waals surface area (Å²) in [5.74, 6) is 1.44. The molecule has 24 heavy (non-hydrogen) atoms. The van der Waals surface area contributed by atoms with Gasteiger partial charge in [-0.15, -0.1) is 0 Å². The van der Waals surface area contributed by atoms with Gasteiger partial charge in [-0.2, -0.15) is 0 Å². The van der Waals surface area contributed by atoms with Crippen molar-refractivity contribution in [1.82, 2.24) is 25.1 Å². The summed E-state index contributed by atoms with van der Waals surface area (Å²) in [4.78, 5) is 15.8. The molecule has 0 saturated heterocycles. The number of hydrogen-bond donors (Lipinski definition) is 2. The van der Waals surface area contributed by atoms with E-state index in [0.717, 1.165) is 39.3 Å². The van der Waals surface area contributed by atoms with Crippen LogP contribution in [0.2, 0.25) is 0 Å². The number of nitrogens with one attached hydrogen (secondary N) is 2. The summed E-state index contributed by atoms with van der Waals surface area (Å²) in [6.45, 7) is 3.83. The molecule has 0 atom stereocenters. The van der Waals surface area contributed by atoms with E-state index >= 15 is 0 Å². The lowest BCUT2D eigenvalue weighted by Crippen LogP contribution is -1.96. The van der Waals surface area contributed by atoms with Crippen molar-refractivity contribution in [3.8, 4) is 11.1 Å². The highest BCUT2D eigenvalue weighted by Crippen LogP contribution is 2.33. The Labute approximate surface area is 139 Å². The van der Waals surface area contributed by atoms with Crippen molar-refractivity contribution in [2.75, 3.05) is 5.32 Å². The Hall–Kier alpha value is -3.22. The first-order valence-electron chi connectivity index (χ1n) is 7.16. The molecule has 0 unspecified atom stereocenters. The van der Waals surface area contributed by atoms with Gasteiger partial charge in [-0.3, -0.25) is 4.98 Å². The molecule has 0 amide bonds. The van der Waals surface area contributed by atoms with Gasteiger partial charge in [0.2, 0.25) is 0 Å². The average Bonchev–Trinajstić information content (AvgIpc) is 3.15. The van der Waals surface area contributed by atoms with Gasteiger partial charge >= 0.3 is 0 Å². The van der Waals surface area contributed by atoms with E-state index < -0.39 is 0 Å². The molecule has 0 fully saturated rings. The second-order valence-electron chi connectivity index (χ2n) is 5.24. The number of fused-ring (bicyclic) bond motifs is 1. The largest absolute Gasteiger partial charge is 0.361 e. The van der Waals surface area contributed by atoms with Crippen LogP contribution in [0.1, 0.15) is 18.9 Å². The zero-order valence-corrected chi connectivity index (χ0v) is 12.7. The molecule has 3 aromatic heterocycles. The number of imidazole rings is 1. The lowest BCUT2D eigenvalue weighted by atomic mass is 10.0. The summed E-state index contributed by atoms with van der Waals surface area (Å²) < 4.78 is 5.28. The maximum absolute atomic E-state index is 5.28. The fourth-order valence-corrected chi connectivity index (χ4v) is 2.69. The number of aromatic amines is 1. The Morgan fingerprint density at radius 3 is 2.71 bits per heavy atom. The predicted molar refractivity (Wildman–Crippen MR) is 93.1 cm³/mol. The summed E-state index contributed by atoms with van der Waals surface area (Å²) in [5, 5.41) is 7.30. The fourth-order valence-electron chi connectivity index (χ4n) is 2.69. The van der Waals surface area contributed by atoms with E-state index in [0.29, 0.717) is 5.82 Å². The highest BCUT2D eigenvalue weighted by Gasteiger charge is 2.15. The molecule has 0 saturated carbocycles. The van der Waals surface area contributed by atoms with E-state index in [9.17, 15) is 0 Å². The monoisotopic (exact) mass is 322 g/mol. The maximum atomic E-state index is 5.28. The molecular formula is C17H18N6O. The Kier molecular flexibility index (Phi) is 3.99. The number of H-pyrrole nitrogens is 1. The van der Waals surface area contributed by atoms with Gasteiger partial charge < -0.3 is 14.8 Å². The Morgan fingerprint density at radius 2 is 2.00 bits per heavy atom. The van der Waals surface area contributed by atoms with E-state index in [1.807, 2.05) is 26.0 Å². The van der Waals surface area contributed by atoms with E-state index in [2.05, 4.69) is 30.4 Å². The normalized spacial score (nSPS) is 10.6. The highest BCUT2D eigenvalue weighted by atomic mass is 16.5. The van der Waals surface area contributed by atoms with Crippen molar-refractivity contribution in [2.45, 2.75) is 21.3 Å². The van der Waals surface area contributed by atoms with Crippen molar-refractivity contribution in [3.05, 3.63) is 48.5 Å². The number of aryl methyl sites for hydroxylation is 2. The van der Waals surface area contributed by atoms with Gasteiger partial charge in [0.25, 0.3) is 0 Å². The molecule has 0 radical (unpaired) electrons. The van der Waals surface area contributed by atoms with Crippen LogP contribution in [0.5, 0.6) is 0 Å². The number of rotatable bonds is 3. The van der Waals surface area contributed by atoms with Crippen molar-refractivity contribution < 1.29 is 4.52 Å². The van der Waals surface area contributed by atoms with Crippen LogP contribution in [0.15, 0.2) is 41.6 Å². The van der Waals surface area contributed by atoms with Crippen LogP contribution >= 0.6 is 0 Å². The quantitative estimate of drug-likeness (QED) is 0.592. The SMILES string of the molecule is C.Cc1noc(C)c1-c1cc(Nc2cnccn2)c2nc[nH]c2c1. The first kappa shape index (κ1) is 15.7. The molecule has 0 spiro atoms. The Balaban J connectivity index is 0.00000169. The van der Waals surface area contributed by atoms with Crippen molar-refractivity contribution in [1.29, 1.82) is 0 Å². The molecule has 7 nitrogen and oxygen atoms in total. The van der Waals surface area contributed by atoms with E-state index in [-0.39, 0.29) is 7.43 Å². The van der Waals surface area contributed by atoms with Gasteiger partial charge in [0.15, 0.2) is 0 Å². The van der Waals surface area contributed by atoms with Gasteiger partial charge in [0, 0.05) is 18.0 Å². The van der Waals surface area contributed by atoms with Gasteiger partial charge in [-0.25, -0.2) is 9.97 Å². The van der Waals surface area contributed by atoms with Crippen LogP contribution < -0.4 is 5.32 Å². The summed E-state index contributed by atoms with van der Waals surface area (Å²) in [5.41, 5.74) is 5.46. The molecule has 7 heteroatoms. The third-order valence-electron chi connectivity index (χ3n) is 3.67. The zero-order valence-electron chi connectivity index (χ0n) is 12.7. The molecule has 0 aliphatic carbocycles. The van der Waals surface area contributed by atoms with Gasteiger partial charge in [-0.1, -0.05) is 12.6 Å². The molecular weight excluding hydrogens is 304 g/mol. The van der Waals surface area contributed by atoms with Gasteiger partial charge in [-0.05, 0) is 31.5 Å². The van der Waals surface area contributed by atoms with E-state index in [1.54, 1.807) is 24.9 Å². The number of hydrogen-bond acceptors (Lipinski definition) is 6. The molecule has 0 aliphatic heterocycles. The lowest BCUT2D eigenvalue weighted by molar-refractivity contribution is 0.393. The molecule has 1 aromatic carbocycles. The third-order valence-corrected chi connectivity index (χ3v) is 3.67. The van der Waals surface area contributed by atoms with Crippen LogP contribution in [0.4, 0.5) is 11.5 Å². The lowest BCUT2D eigenvalue weighted by Gasteiger charge is -2.09. The zero-order chi connectivity index (χ0) is 15.8. The van der Waals surface area contributed by atoms with Crippen LogP contribution in [0.3, 0.4) is 0 Å². The van der Waals surface area contributed by atoms with Crippen molar-refractivity contribution in [2.24, 2.45) is 0 Å². The summed E-state index contributed by atoms with van der Waals surface area (Å²) >= 11 is 0. The first-order valence-corrected chi connectivity index (χ1v) is 7.16. The molecule has 4 aromatic rings. The molecule has 3 heterocycles. The number of benzene rings is 1. The smallest absolute Gasteiger partial charge is 0.148 e. The molecule has 2 N–H and O–H groups in total. The second-order valence-corrected chi connectivity index (χ2v) is 5.24. The standard InChI is InChI=1S/C16H14N6O.CH4/c1-9-15(10(2)23-22-9)11-5-12-16(20-8-19-12)13(6-11)21-14-7-17-3-4-18-14;/h3-8H,1-2H3,(H,18,21)(H,19,20);1H4. The first-order chi connectivity index (χ1) is 11.2. The van der Waals surface area contributed by atoms with Gasteiger partial charge in [0.1, 0.15) is 17.1 Å². The number of aromatic nitrogens is 5. The fraction of sp³-hybridized carbons (Fsp3) is 0.176. The molecule has 122 valence electrons. The summed E-state index contributed by atoms with van der Waals surface area (Å²) in [7, 11) is 0. The Bertz CT molecular complexity index is 954. The van der Waals surface area contributed by atoms with Crippen LogP contribution in [-0.2, 0) is 0 Å². The summed E-state index contributed by atoms with van der Waals surface area (Å²) in [6.07, 6.45) is 6.61. The maximum Gasteiger partial charge on any atom is 0.148 e. The predicted octanol–water partition coefficient (Wildman–Crippen LogP) is 4.00. The second kappa shape index (κ2) is 6.11. The van der Waals surface area contributed by atoms with E-state index in [4.69, 9.17) is 4.52 Å². The molecule has 0 aliphatic rings.